The van der Waals surface area contributed by atoms with Crippen LogP contribution in [-0.2, 0) is 13.5 Å². The van der Waals surface area contributed by atoms with Crippen LogP contribution in [0.25, 0.3) is 28.0 Å². The quantitative estimate of drug-likeness (QED) is 0.413. The number of hydrogen-bond acceptors (Lipinski definition) is 6. The van der Waals surface area contributed by atoms with Crippen LogP contribution in [0.5, 0.6) is 0 Å². The van der Waals surface area contributed by atoms with Crippen LogP contribution in [0.3, 0.4) is 0 Å². The van der Waals surface area contributed by atoms with Gasteiger partial charge >= 0.3 is 0 Å². The van der Waals surface area contributed by atoms with Crippen LogP contribution in [0, 0.1) is 5.82 Å². The Hall–Kier alpha value is -4.54. The summed E-state index contributed by atoms with van der Waals surface area (Å²) >= 11 is 0. The Morgan fingerprint density at radius 2 is 1.77 bits per heavy atom. The van der Waals surface area contributed by atoms with Gasteiger partial charge in [-0.1, -0.05) is 24.3 Å². The highest BCUT2D eigenvalue weighted by atomic mass is 19.3. The van der Waals surface area contributed by atoms with Gasteiger partial charge < -0.3 is 10.3 Å². The van der Waals surface area contributed by atoms with Crippen molar-refractivity contribution in [3.63, 3.8) is 0 Å². The second-order valence-corrected chi connectivity index (χ2v) is 7.86. The predicted octanol–water partition coefficient (Wildman–Crippen LogP) is 3.80. The third-order valence-electron chi connectivity index (χ3n) is 5.53. The molecule has 2 N–H and O–H groups in total. The molecular weight excluding hydrogens is 459 g/mol. The number of rotatable bonds is 5. The average molecular weight is 477 g/mol. The maximum absolute atomic E-state index is 14.2. The molecule has 8 nitrogen and oxygen atoms in total. The highest BCUT2D eigenvalue weighted by molar-refractivity contribution is 5.90. The Kier molecular flexibility index (Phi) is 5.51. The molecule has 0 atom stereocenters. The number of halogens is 3. The molecule has 0 aliphatic rings. The molecule has 11 heteroatoms. The van der Waals surface area contributed by atoms with Gasteiger partial charge in [-0.15, -0.1) is 5.10 Å². The Labute approximate surface area is 196 Å². The van der Waals surface area contributed by atoms with Crippen molar-refractivity contribution in [3.05, 3.63) is 94.2 Å². The number of alkyl halides is 2. The van der Waals surface area contributed by atoms with E-state index < -0.39 is 12.2 Å². The lowest BCUT2D eigenvalue weighted by atomic mass is 10.0. The number of nitrogens with zero attached hydrogens (tertiary/aromatic N) is 6. The Balaban J connectivity index is 1.74. The van der Waals surface area contributed by atoms with E-state index in [1.807, 2.05) is 0 Å². The largest absolute Gasteiger partial charge is 0.368 e. The Morgan fingerprint density at radius 3 is 2.46 bits per heavy atom. The molecule has 4 aromatic heterocycles. The molecule has 1 aromatic carbocycles. The standard InChI is InChI=1S/C24H18F3N7O/c1-33-12-15(8-9-19(33)35)20-21(13-4-6-14(7-5-13)22(26)27)31-24(28)34-23(20)30-18(32-34)11-17-16(25)3-2-10-29-17/h2-10,12,22H,11H2,1H3,(H2,28,31). The van der Waals surface area contributed by atoms with Crippen LogP contribution in [0.1, 0.15) is 23.5 Å². The molecule has 35 heavy (non-hydrogen) atoms. The van der Waals surface area contributed by atoms with Gasteiger partial charge in [-0.05, 0) is 18.2 Å². The number of aryl methyl sites for hydroxylation is 1. The fraction of sp³-hybridized carbons (Fsp3) is 0.125. The number of anilines is 1. The van der Waals surface area contributed by atoms with Gasteiger partial charge in [0.1, 0.15) is 5.82 Å². The van der Waals surface area contributed by atoms with Crippen LogP contribution in [0.2, 0.25) is 0 Å². The molecular formula is C24H18F3N7O. The Morgan fingerprint density at radius 1 is 1.03 bits per heavy atom. The summed E-state index contributed by atoms with van der Waals surface area (Å²) in [4.78, 5) is 25.1. The fourth-order valence-corrected chi connectivity index (χ4v) is 3.78. The first-order valence-corrected chi connectivity index (χ1v) is 10.5. The van der Waals surface area contributed by atoms with Gasteiger partial charge in [-0.3, -0.25) is 9.78 Å². The van der Waals surface area contributed by atoms with E-state index in [-0.39, 0.29) is 35.0 Å². The van der Waals surface area contributed by atoms with Crippen molar-refractivity contribution >= 4 is 11.6 Å². The molecule has 0 radical (unpaired) electrons. The van der Waals surface area contributed by atoms with Crippen molar-refractivity contribution in [1.82, 2.24) is 29.1 Å². The van der Waals surface area contributed by atoms with Gasteiger partial charge in [0.05, 0.1) is 23.4 Å². The molecule has 0 saturated heterocycles. The molecule has 0 bridgehead atoms. The monoisotopic (exact) mass is 477 g/mol. The summed E-state index contributed by atoms with van der Waals surface area (Å²) in [6.07, 6.45) is 0.484. The minimum absolute atomic E-state index is 0.00162. The van der Waals surface area contributed by atoms with Crippen molar-refractivity contribution in [2.45, 2.75) is 12.8 Å². The SMILES string of the molecule is Cn1cc(-c2c(-c3ccc(C(F)F)cc3)nc(N)n3nc(Cc4ncccc4F)nc23)ccc1=O. The number of hydrogen-bond donors (Lipinski definition) is 1. The maximum atomic E-state index is 14.2. The molecule has 5 rings (SSSR count). The van der Waals surface area contributed by atoms with Gasteiger partial charge in [0, 0.05) is 42.2 Å². The second-order valence-electron chi connectivity index (χ2n) is 7.86. The smallest absolute Gasteiger partial charge is 0.263 e. The Bertz CT molecular complexity index is 1610. The molecule has 4 heterocycles. The summed E-state index contributed by atoms with van der Waals surface area (Å²) < 4.78 is 43.1. The summed E-state index contributed by atoms with van der Waals surface area (Å²) in [5.41, 5.74) is 8.29. The van der Waals surface area contributed by atoms with Crippen LogP contribution in [0.15, 0.2) is 65.7 Å². The van der Waals surface area contributed by atoms with Crippen LogP contribution in [-0.4, -0.2) is 29.1 Å². The molecule has 0 aliphatic heterocycles. The molecule has 176 valence electrons. The zero-order valence-electron chi connectivity index (χ0n) is 18.4. The minimum Gasteiger partial charge on any atom is -0.368 e. The van der Waals surface area contributed by atoms with Crippen molar-refractivity contribution < 1.29 is 13.2 Å². The normalized spacial score (nSPS) is 11.5. The number of pyridine rings is 2. The summed E-state index contributed by atoms with van der Waals surface area (Å²) in [6, 6.07) is 11.5. The molecule has 0 unspecified atom stereocenters. The van der Waals surface area contributed by atoms with E-state index in [9.17, 15) is 18.0 Å². The van der Waals surface area contributed by atoms with Crippen LogP contribution in [0.4, 0.5) is 19.1 Å². The van der Waals surface area contributed by atoms with Gasteiger partial charge in [0.25, 0.3) is 6.43 Å². The molecule has 0 spiro atoms. The zero-order chi connectivity index (χ0) is 24.7. The third-order valence-corrected chi connectivity index (χ3v) is 5.53. The van der Waals surface area contributed by atoms with Crippen LogP contribution >= 0.6 is 0 Å². The highest BCUT2D eigenvalue weighted by Crippen LogP contribution is 2.35. The summed E-state index contributed by atoms with van der Waals surface area (Å²) in [7, 11) is 1.60. The van der Waals surface area contributed by atoms with Crippen molar-refractivity contribution in [2.75, 3.05) is 5.73 Å². The lowest BCUT2D eigenvalue weighted by Crippen LogP contribution is -2.14. The molecule has 0 fully saturated rings. The summed E-state index contributed by atoms with van der Waals surface area (Å²) in [5.74, 6) is -0.232. The minimum atomic E-state index is -2.61. The first-order valence-electron chi connectivity index (χ1n) is 10.5. The van der Waals surface area contributed by atoms with Gasteiger partial charge in [-0.25, -0.2) is 23.1 Å². The third kappa shape index (κ3) is 4.12. The van der Waals surface area contributed by atoms with Gasteiger partial charge in [0.2, 0.25) is 11.5 Å². The summed E-state index contributed by atoms with van der Waals surface area (Å²) in [6.45, 7) is 0. The van der Waals surface area contributed by atoms with Crippen molar-refractivity contribution in [1.29, 1.82) is 0 Å². The molecule has 0 saturated carbocycles. The van der Waals surface area contributed by atoms with E-state index in [1.54, 1.807) is 19.3 Å². The maximum Gasteiger partial charge on any atom is 0.263 e. The van der Waals surface area contributed by atoms with Gasteiger partial charge in [0.15, 0.2) is 11.5 Å². The van der Waals surface area contributed by atoms with E-state index in [4.69, 9.17) is 5.73 Å². The number of benzene rings is 1. The van der Waals surface area contributed by atoms with Gasteiger partial charge in [-0.2, -0.15) is 4.52 Å². The fourth-order valence-electron chi connectivity index (χ4n) is 3.78. The van der Waals surface area contributed by atoms with E-state index in [2.05, 4.69) is 20.1 Å². The van der Waals surface area contributed by atoms with Crippen LogP contribution < -0.4 is 11.3 Å². The lowest BCUT2D eigenvalue weighted by Gasteiger charge is -2.13. The van der Waals surface area contributed by atoms with Crippen molar-refractivity contribution in [2.24, 2.45) is 7.05 Å². The first-order chi connectivity index (χ1) is 16.8. The van der Waals surface area contributed by atoms with E-state index >= 15 is 0 Å². The lowest BCUT2D eigenvalue weighted by molar-refractivity contribution is 0.151. The second kappa shape index (κ2) is 8.67. The van der Waals surface area contributed by atoms with E-state index in [0.29, 0.717) is 28.0 Å². The number of aromatic nitrogens is 6. The topological polar surface area (TPSA) is 104 Å². The first kappa shape index (κ1) is 22.3. The average Bonchev–Trinajstić information content (AvgIpc) is 3.26. The summed E-state index contributed by atoms with van der Waals surface area (Å²) in [5, 5.41) is 4.39. The van der Waals surface area contributed by atoms with E-state index in [1.165, 1.54) is 57.7 Å². The highest BCUT2D eigenvalue weighted by Gasteiger charge is 2.21. The van der Waals surface area contributed by atoms with Crippen molar-refractivity contribution in [3.8, 4) is 22.4 Å². The number of nitrogen functional groups attached to an aromatic ring is 1. The zero-order valence-corrected chi connectivity index (χ0v) is 18.4. The number of nitrogens with two attached hydrogens (primary N) is 1. The molecule has 5 aromatic rings. The number of fused-ring (bicyclic) bond motifs is 1. The molecule has 0 aliphatic carbocycles. The van der Waals surface area contributed by atoms with E-state index in [0.717, 1.165) is 0 Å². The predicted molar refractivity (Wildman–Crippen MR) is 123 cm³/mol. The molecule has 0 amide bonds.